The molecule has 0 N–H and O–H groups in total. The van der Waals surface area contributed by atoms with E-state index >= 15 is 0 Å². The number of fused-ring (bicyclic) bond motifs is 1. The lowest BCUT2D eigenvalue weighted by Crippen LogP contribution is -2.26. The van der Waals surface area contributed by atoms with E-state index in [0.717, 1.165) is 31.1 Å². The second kappa shape index (κ2) is 2.96. The lowest BCUT2D eigenvalue weighted by Gasteiger charge is -2.29. The molecule has 0 aliphatic heterocycles. The molecule has 3 nitrogen and oxygen atoms in total. The topological polar surface area (TPSA) is 43.1 Å². The van der Waals surface area contributed by atoms with E-state index in [9.17, 15) is 10.1 Å². The third-order valence-electron chi connectivity index (χ3n) is 4.18. The van der Waals surface area contributed by atoms with Crippen LogP contribution in [0.15, 0.2) is 0 Å². The highest BCUT2D eigenvalue weighted by atomic mass is 16.6. The minimum Gasteiger partial charge on any atom is -0.265 e. The molecule has 0 spiro atoms. The fraction of sp³-hybridized carbons (Fsp3) is 1.00. The second-order valence-corrected chi connectivity index (χ2v) is 4.85. The average molecular weight is 183 g/mol. The Balaban J connectivity index is 2.03. The van der Waals surface area contributed by atoms with E-state index in [0.29, 0.717) is 0 Å². The molecule has 0 saturated heterocycles. The van der Waals surface area contributed by atoms with Crippen molar-refractivity contribution in [3.05, 3.63) is 10.1 Å². The van der Waals surface area contributed by atoms with Crippen molar-refractivity contribution in [2.24, 2.45) is 17.3 Å². The fourth-order valence-electron chi connectivity index (χ4n) is 3.17. The summed E-state index contributed by atoms with van der Waals surface area (Å²) >= 11 is 0. The summed E-state index contributed by atoms with van der Waals surface area (Å²) in [4.78, 5) is 10.4. The minimum atomic E-state index is -0.117. The van der Waals surface area contributed by atoms with E-state index in [2.05, 4.69) is 6.92 Å². The van der Waals surface area contributed by atoms with Crippen LogP contribution >= 0.6 is 0 Å². The van der Waals surface area contributed by atoms with E-state index in [4.69, 9.17) is 0 Å². The van der Waals surface area contributed by atoms with Crippen molar-refractivity contribution >= 4 is 0 Å². The predicted octanol–water partition coefficient (Wildman–Crippen LogP) is 2.48. The molecule has 2 aliphatic carbocycles. The highest BCUT2D eigenvalue weighted by Gasteiger charge is 2.50. The summed E-state index contributed by atoms with van der Waals surface area (Å²) < 4.78 is 0. The summed E-state index contributed by atoms with van der Waals surface area (Å²) in [5.74, 6) is 1.67. The maximum absolute atomic E-state index is 10.6. The van der Waals surface area contributed by atoms with Crippen LogP contribution in [0.25, 0.3) is 0 Å². The Bertz CT molecular complexity index is 215. The van der Waals surface area contributed by atoms with Gasteiger partial charge in [0.25, 0.3) is 0 Å². The van der Waals surface area contributed by atoms with E-state index in [1.165, 1.54) is 12.8 Å². The molecule has 0 aromatic rings. The predicted molar refractivity (Wildman–Crippen MR) is 50.0 cm³/mol. The molecule has 0 aromatic heterocycles. The Kier molecular flexibility index (Phi) is 2.05. The minimum absolute atomic E-state index is 0.0648. The standard InChI is InChI=1S/C10H17NO2/c1-2-10(7-11(12)13)5-8-3-4-9(8)6-10/h8-9H,2-7H2,1H3. The summed E-state index contributed by atoms with van der Waals surface area (Å²) in [7, 11) is 0. The van der Waals surface area contributed by atoms with Crippen molar-refractivity contribution in [2.45, 2.75) is 39.0 Å². The Morgan fingerprint density at radius 3 is 2.23 bits per heavy atom. The molecule has 74 valence electrons. The number of rotatable bonds is 3. The Morgan fingerprint density at radius 2 is 1.92 bits per heavy atom. The van der Waals surface area contributed by atoms with Crippen molar-refractivity contribution in [2.75, 3.05) is 6.54 Å². The van der Waals surface area contributed by atoms with Gasteiger partial charge < -0.3 is 0 Å². The van der Waals surface area contributed by atoms with Gasteiger partial charge in [-0.05, 0) is 43.9 Å². The molecule has 13 heavy (non-hydrogen) atoms. The molecular formula is C10H17NO2. The number of nitrogens with zero attached hydrogens (tertiary/aromatic N) is 1. The molecule has 0 radical (unpaired) electrons. The third kappa shape index (κ3) is 1.45. The van der Waals surface area contributed by atoms with Crippen LogP contribution in [0.1, 0.15) is 39.0 Å². The number of hydrogen-bond acceptors (Lipinski definition) is 2. The summed E-state index contributed by atoms with van der Waals surface area (Å²) in [6, 6.07) is 0. The van der Waals surface area contributed by atoms with E-state index in [1.54, 1.807) is 0 Å². The maximum Gasteiger partial charge on any atom is 0.209 e. The van der Waals surface area contributed by atoms with Crippen molar-refractivity contribution in [1.82, 2.24) is 0 Å². The van der Waals surface area contributed by atoms with Crippen LogP contribution in [0, 0.1) is 27.4 Å². The Hall–Kier alpha value is -0.600. The van der Waals surface area contributed by atoms with Gasteiger partial charge in [-0.1, -0.05) is 6.92 Å². The average Bonchev–Trinajstić information content (AvgIpc) is 2.28. The Labute approximate surface area is 78.7 Å². The lowest BCUT2D eigenvalue weighted by atomic mass is 9.77. The molecule has 0 heterocycles. The second-order valence-electron chi connectivity index (χ2n) is 4.85. The van der Waals surface area contributed by atoms with Crippen molar-refractivity contribution < 1.29 is 4.92 Å². The number of hydrogen-bond donors (Lipinski definition) is 0. The molecule has 0 aromatic carbocycles. The molecule has 2 fully saturated rings. The molecule has 0 bridgehead atoms. The SMILES string of the molecule is CCC1(C[N+](=O)[O-])CC2CCC2C1. The molecular weight excluding hydrogens is 166 g/mol. The zero-order valence-electron chi connectivity index (χ0n) is 8.16. The first-order valence-corrected chi connectivity index (χ1v) is 5.27. The van der Waals surface area contributed by atoms with E-state index in [-0.39, 0.29) is 16.9 Å². The van der Waals surface area contributed by atoms with Crippen LogP contribution in [0.2, 0.25) is 0 Å². The van der Waals surface area contributed by atoms with Crippen LogP contribution in [0.4, 0.5) is 0 Å². The molecule has 2 rings (SSSR count). The van der Waals surface area contributed by atoms with Gasteiger partial charge in [-0.2, -0.15) is 0 Å². The highest BCUT2D eigenvalue weighted by molar-refractivity contribution is 4.98. The smallest absolute Gasteiger partial charge is 0.209 e. The molecule has 3 heteroatoms. The van der Waals surface area contributed by atoms with Crippen LogP contribution in [-0.2, 0) is 0 Å². The summed E-state index contributed by atoms with van der Waals surface area (Å²) in [5.41, 5.74) is 0.0648. The van der Waals surface area contributed by atoms with Gasteiger partial charge in [-0.25, -0.2) is 0 Å². The monoisotopic (exact) mass is 183 g/mol. The van der Waals surface area contributed by atoms with Crippen LogP contribution in [0.3, 0.4) is 0 Å². The molecule has 2 saturated carbocycles. The van der Waals surface area contributed by atoms with Gasteiger partial charge in [-0.3, -0.25) is 10.1 Å². The van der Waals surface area contributed by atoms with Crippen LogP contribution in [-0.4, -0.2) is 11.5 Å². The van der Waals surface area contributed by atoms with E-state index in [1.807, 2.05) is 0 Å². The van der Waals surface area contributed by atoms with E-state index < -0.39 is 0 Å². The summed E-state index contributed by atoms with van der Waals surface area (Å²) in [6.07, 6.45) is 5.87. The van der Waals surface area contributed by atoms with Gasteiger partial charge in [0.1, 0.15) is 0 Å². The Morgan fingerprint density at radius 1 is 1.38 bits per heavy atom. The quantitative estimate of drug-likeness (QED) is 0.498. The maximum atomic E-state index is 10.6. The number of nitro groups is 1. The normalized spacial score (nSPS) is 42.5. The van der Waals surface area contributed by atoms with Gasteiger partial charge >= 0.3 is 0 Å². The van der Waals surface area contributed by atoms with Gasteiger partial charge in [0, 0.05) is 10.3 Å². The van der Waals surface area contributed by atoms with Crippen molar-refractivity contribution in [1.29, 1.82) is 0 Å². The zero-order chi connectivity index (χ0) is 9.47. The van der Waals surface area contributed by atoms with Crippen LogP contribution < -0.4 is 0 Å². The van der Waals surface area contributed by atoms with Gasteiger partial charge in [0.2, 0.25) is 6.54 Å². The molecule has 2 aliphatic rings. The zero-order valence-corrected chi connectivity index (χ0v) is 8.16. The highest BCUT2D eigenvalue weighted by Crippen LogP contribution is 2.56. The first kappa shape index (κ1) is 8.97. The van der Waals surface area contributed by atoms with Gasteiger partial charge in [0.15, 0.2) is 0 Å². The van der Waals surface area contributed by atoms with Gasteiger partial charge in [0.05, 0.1) is 0 Å². The molecule has 2 atom stereocenters. The van der Waals surface area contributed by atoms with Crippen molar-refractivity contribution in [3.63, 3.8) is 0 Å². The fourth-order valence-corrected chi connectivity index (χ4v) is 3.17. The molecule has 2 unspecified atom stereocenters. The third-order valence-corrected chi connectivity index (χ3v) is 4.18. The molecule has 0 amide bonds. The van der Waals surface area contributed by atoms with Gasteiger partial charge in [-0.15, -0.1) is 0 Å². The first-order chi connectivity index (χ1) is 6.15. The largest absolute Gasteiger partial charge is 0.265 e. The van der Waals surface area contributed by atoms with Crippen molar-refractivity contribution in [3.8, 4) is 0 Å². The summed E-state index contributed by atoms with van der Waals surface area (Å²) in [6.45, 7) is 2.31. The first-order valence-electron chi connectivity index (χ1n) is 5.27. The van der Waals surface area contributed by atoms with Crippen LogP contribution in [0.5, 0.6) is 0 Å². The summed E-state index contributed by atoms with van der Waals surface area (Å²) in [5, 5.41) is 10.6. The lowest BCUT2D eigenvalue weighted by molar-refractivity contribution is -0.497.